The highest BCUT2D eigenvalue weighted by molar-refractivity contribution is 14.0. The molecule has 1 unspecified atom stereocenters. The van der Waals surface area contributed by atoms with Crippen molar-refractivity contribution in [1.29, 1.82) is 0 Å². The maximum absolute atomic E-state index is 13.4. The Morgan fingerprint density at radius 1 is 1.33 bits per heavy atom. The number of rotatable bonds is 7. The summed E-state index contributed by atoms with van der Waals surface area (Å²) in [5.41, 5.74) is 3.14. The Bertz CT molecular complexity index is 744. The number of nitrogens with one attached hydrogen (secondary N) is 1. The molecule has 0 bridgehead atoms. The van der Waals surface area contributed by atoms with Gasteiger partial charge in [0.25, 0.3) is 0 Å². The highest BCUT2D eigenvalue weighted by Gasteiger charge is 2.10. The minimum atomic E-state index is -0.212. The molecule has 1 aromatic carbocycles. The van der Waals surface area contributed by atoms with E-state index in [4.69, 9.17) is 4.99 Å². The zero-order valence-electron chi connectivity index (χ0n) is 16.9. The quantitative estimate of drug-likeness (QED) is 0.365. The molecule has 0 aliphatic rings. The second-order valence-electron chi connectivity index (χ2n) is 6.89. The lowest BCUT2D eigenvalue weighted by Gasteiger charge is -2.23. The maximum atomic E-state index is 13.4. The van der Waals surface area contributed by atoms with E-state index in [0.29, 0.717) is 19.0 Å². The van der Waals surface area contributed by atoms with E-state index in [9.17, 15) is 4.39 Å². The topological polar surface area (TPSA) is 45.5 Å². The largest absolute Gasteiger partial charge is 0.357 e. The number of nitrogens with zero attached hydrogens (tertiary/aromatic N) is 4. The summed E-state index contributed by atoms with van der Waals surface area (Å²) in [5.74, 6) is 0.984. The highest BCUT2D eigenvalue weighted by Crippen LogP contribution is 2.09. The van der Waals surface area contributed by atoms with Gasteiger partial charge < -0.3 is 10.2 Å². The molecule has 1 aromatic heterocycles. The van der Waals surface area contributed by atoms with Crippen LogP contribution in [0.1, 0.15) is 30.8 Å². The van der Waals surface area contributed by atoms with Crippen LogP contribution in [0.2, 0.25) is 0 Å². The first-order valence-electron chi connectivity index (χ1n) is 9.14. The van der Waals surface area contributed by atoms with Gasteiger partial charge in [-0.2, -0.15) is 5.10 Å². The van der Waals surface area contributed by atoms with Gasteiger partial charge in [-0.25, -0.2) is 4.39 Å². The van der Waals surface area contributed by atoms with E-state index in [-0.39, 0.29) is 29.8 Å². The number of aliphatic imine (C=N–C) groups is 1. The molecular formula is C20H31FIN5. The minimum absolute atomic E-state index is 0. The van der Waals surface area contributed by atoms with E-state index in [1.807, 2.05) is 36.5 Å². The number of aryl methyl sites for hydroxylation is 2. The lowest BCUT2D eigenvalue weighted by Crippen LogP contribution is -2.38. The van der Waals surface area contributed by atoms with Crippen LogP contribution in [-0.2, 0) is 13.1 Å². The van der Waals surface area contributed by atoms with E-state index >= 15 is 0 Å². The van der Waals surface area contributed by atoms with Gasteiger partial charge in [-0.15, -0.1) is 24.0 Å². The first-order chi connectivity index (χ1) is 12.4. The van der Waals surface area contributed by atoms with Crippen LogP contribution >= 0.6 is 24.0 Å². The Balaban J connectivity index is 0.00000364. The molecule has 1 atom stereocenters. The number of guanidine groups is 1. The van der Waals surface area contributed by atoms with Crippen molar-refractivity contribution in [2.75, 3.05) is 20.1 Å². The molecule has 2 aromatic rings. The van der Waals surface area contributed by atoms with E-state index in [0.717, 1.165) is 30.3 Å². The van der Waals surface area contributed by atoms with Crippen molar-refractivity contribution >= 4 is 29.9 Å². The first-order valence-corrected chi connectivity index (χ1v) is 9.14. The zero-order chi connectivity index (χ0) is 19.1. The van der Waals surface area contributed by atoms with Gasteiger partial charge in [-0.3, -0.25) is 9.67 Å². The number of aromatic nitrogens is 2. The second kappa shape index (κ2) is 11.3. The summed E-state index contributed by atoms with van der Waals surface area (Å²) in [6.45, 7) is 11.3. The van der Waals surface area contributed by atoms with Crippen LogP contribution in [-0.4, -0.2) is 40.8 Å². The fraction of sp³-hybridized carbons (Fsp3) is 0.500. The predicted molar refractivity (Wildman–Crippen MR) is 120 cm³/mol. The average molecular weight is 487 g/mol. The Hall–Kier alpha value is -1.64. The fourth-order valence-corrected chi connectivity index (χ4v) is 2.91. The van der Waals surface area contributed by atoms with Crippen molar-refractivity contribution in [3.8, 4) is 0 Å². The molecule has 0 saturated heterocycles. The molecule has 0 aliphatic heterocycles. The summed E-state index contributed by atoms with van der Waals surface area (Å²) in [6, 6.07) is 8.77. The molecule has 7 heteroatoms. The van der Waals surface area contributed by atoms with Gasteiger partial charge in [0.15, 0.2) is 5.96 Å². The first kappa shape index (κ1) is 23.4. The average Bonchev–Trinajstić information content (AvgIpc) is 2.88. The molecule has 0 saturated carbocycles. The molecule has 5 nitrogen and oxygen atoms in total. The Labute approximate surface area is 179 Å². The lowest BCUT2D eigenvalue weighted by atomic mass is 10.2. The third-order valence-electron chi connectivity index (χ3n) is 4.15. The van der Waals surface area contributed by atoms with E-state index in [2.05, 4.69) is 30.3 Å². The van der Waals surface area contributed by atoms with Crippen LogP contribution in [0, 0.1) is 25.6 Å². The Morgan fingerprint density at radius 2 is 2.07 bits per heavy atom. The van der Waals surface area contributed by atoms with Gasteiger partial charge in [-0.05, 0) is 50.5 Å². The van der Waals surface area contributed by atoms with Crippen molar-refractivity contribution in [3.63, 3.8) is 0 Å². The number of hydrogen-bond acceptors (Lipinski definition) is 2. The third-order valence-corrected chi connectivity index (χ3v) is 4.15. The van der Waals surface area contributed by atoms with Gasteiger partial charge in [0.2, 0.25) is 0 Å². The van der Waals surface area contributed by atoms with Gasteiger partial charge in [0.05, 0.1) is 5.69 Å². The highest BCUT2D eigenvalue weighted by atomic mass is 127. The summed E-state index contributed by atoms with van der Waals surface area (Å²) >= 11 is 0. The predicted octanol–water partition coefficient (Wildman–Crippen LogP) is 3.99. The van der Waals surface area contributed by atoms with Crippen LogP contribution in [0.25, 0.3) is 0 Å². The molecule has 0 spiro atoms. The summed E-state index contributed by atoms with van der Waals surface area (Å²) in [7, 11) is 1.97. The number of halogens is 2. The smallest absolute Gasteiger partial charge is 0.193 e. The van der Waals surface area contributed by atoms with Crippen LogP contribution in [0.5, 0.6) is 0 Å². The molecular weight excluding hydrogens is 456 g/mol. The van der Waals surface area contributed by atoms with Crippen LogP contribution < -0.4 is 5.32 Å². The molecule has 2 rings (SSSR count). The Morgan fingerprint density at radius 3 is 2.67 bits per heavy atom. The van der Waals surface area contributed by atoms with Crippen molar-refractivity contribution in [3.05, 3.63) is 53.1 Å². The molecule has 0 amide bonds. The third kappa shape index (κ3) is 7.48. The zero-order valence-corrected chi connectivity index (χ0v) is 19.2. The van der Waals surface area contributed by atoms with Crippen LogP contribution in [0.15, 0.2) is 35.3 Å². The minimum Gasteiger partial charge on any atom is -0.357 e. The van der Waals surface area contributed by atoms with E-state index < -0.39 is 0 Å². The summed E-state index contributed by atoms with van der Waals surface area (Å²) < 4.78 is 15.4. The van der Waals surface area contributed by atoms with Crippen LogP contribution in [0.3, 0.4) is 0 Å². The fourth-order valence-electron chi connectivity index (χ4n) is 2.91. The van der Waals surface area contributed by atoms with Gasteiger partial charge in [0.1, 0.15) is 5.82 Å². The molecule has 0 radical (unpaired) electrons. The van der Waals surface area contributed by atoms with E-state index in [1.54, 1.807) is 12.1 Å². The normalized spacial score (nSPS) is 12.4. The maximum Gasteiger partial charge on any atom is 0.193 e. The molecule has 150 valence electrons. The molecule has 1 N–H and O–H groups in total. The second-order valence-corrected chi connectivity index (χ2v) is 6.89. The van der Waals surface area contributed by atoms with Crippen molar-refractivity contribution in [1.82, 2.24) is 20.0 Å². The molecule has 27 heavy (non-hydrogen) atoms. The molecule has 0 aliphatic carbocycles. The Kier molecular flexibility index (Phi) is 9.76. The van der Waals surface area contributed by atoms with E-state index in [1.165, 1.54) is 11.8 Å². The standard InChI is InChI=1S/C20H30FN5.HI/c1-6-22-20(25(5)14-18-8-7-9-19(21)11-18)23-12-15(2)13-26-17(4)10-16(3)24-26;/h7-11,15H,6,12-14H2,1-5H3,(H,22,23);1H. The van der Waals surface area contributed by atoms with Crippen molar-refractivity contribution in [2.45, 2.75) is 40.8 Å². The number of hydrogen-bond donors (Lipinski definition) is 1. The van der Waals surface area contributed by atoms with Gasteiger partial charge >= 0.3 is 0 Å². The van der Waals surface area contributed by atoms with Gasteiger partial charge in [-0.1, -0.05) is 19.1 Å². The van der Waals surface area contributed by atoms with Gasteiger partial charge in [0, 0.05) is 38.9 Å². The SMILES string of the molecule is CCNC(=NCC(C)Cn1nc(C)cc1C)N(C)Cc1cccc(F)c1.I. The lowest BCUT2D eigenvalue weighted by molar-refractivity contribution is 0.438. The summed E-state index contributed by atoms with van der Waals surface area (Å²) in [6.07, 6.45) is 0. The summed E-state index contributed by atoms with van der Waals surface area (Å²) in [4.78, 5) is 6.78. The molecule has 1 heterocycles. The summed E-state index contributed by atoms with van der Waals surface area (Å²) in [5, 5.41) is 7.83. The monoisotopic (exact) mass is 487 g/mol. The molecule has 0 fully saturated rings. The van der Waals surface area contributed by atoms with Crippen LogP contribution in [0.4, 0.5) is 4.39 Å². The number of benzene rings is 1. The van der Waals surface area contributed by atoms with Crippen molar-refractivity contribution in [2.24, 2.45) is 10.9 Å². The van der Waals surface area contributed by atoms with Crippen molar-refractivity contribution < 1.29 is 4.39 Å².